The van der Waals surface area contributed by atoms with E-state index in [4.69, 9.17) is 4.52 Å². The number of ether oxygens (including phenoxy) is 1. The molecular weight excluding hydrogens is 354 g/mol. The maximum Gasteiger partial charge on any atom is 0.349 e. The Hall–Kier alpha value is -1.78. The van der Waals surface area contributed by atoms with E-state index in [2.05, 4.69) is 14.9 Å². The van der Waals surface area contributed by atoms with Gasteiger partial charge in [-0.1, -0.05) is 19.0 Å². The zero-order valence-corrected chi connectivity index (χ0v) is 15.1. The van der Waals surface area contributed by atoms with Crippen LogP contribution in [0.5, 0.6) is 0 Å². The molecule has 2 aromatic rings. The number of esters is 1. The molecule has 0 spiro atoms. The Morgan fingerprint density at radius 1 is 1.46 bits per heavy atom. The number of thiophene rings is 1. The predicted octanol–water partition coefficient (Wildman–Crippen LogP) is 1.83. The van der Waals surface area contributed by atoms with Crippen molar-refractivity contribution in [2.75, 3.05) is 20.2 Å². The molecule has 24 heavy (non-hydrogen) atoms. The summed E-state index contributed by atoms with van der Waals surface area (Å²) in [5.41, 5.74) is 0. The molecule has 0 amide bonds. The van der Waals surface area contributed by atoms with E-state index in [0.717, 1.165) is 11.3 Å². The van der Waals surface area contributed by atoms with E-state index in [1.165, 1.54) is 17.5 Å². The Morgan fingerprint density at radius 3 is 2.75 bits per heavy atom. The highest BCUT2D eigenvalue weighted by molar-refractivity contribution is 7.89. The monoisotopic (exact) mass is 371 g/mol. The number of nitrogens with zero attached hydrogens (tertiary/aromatic N) is 3. The Bertz CT molecular complexity index is 849. The van der Waals surface area contributed by atoms with Gasteiger partial charge in [-0.25, -0.2) is 13.2 Å². The Labute approximate surface area is 143 Å². The summed E-state index contributed by atoms with van der Waals surface area (Å²) in [6.07, 6.45) is 0. The minimum Gasteiger partial charge on any atom is -0.465 e. The molecule has 0 unspecified atom stereocenters. The zero-order chi connectivity index (χ0) is 17.5. The van der Waals surface area contributed by atoms with Gasteiger partial charge in [0.05, 0.1) is 13.0 Å². The fourth-order valence-electron chi connectivity index (χ4n) is 2.32. The highest BCUT2D eigenvalue weighted by Crippen LogP contribution is 2.34. The number of hydrogen-bond donors (Lipinski definition) is 0. The van der Waals surface area contributed by atoms with E-state index in [0.29, 0.717) is 11.7 Å². The van der Waals surface area contributed by atoms with Crippen LogP contribution in [0.15, 0.2) is 20.9 Å². The number of aromatic nitrogens is 2. The SMILES string of the molecule is COC(=O)c1sccc1S(=O)(=O)N1CC(c2nc(C(C)C)no2)C1. The van der Waals surface area contributed by atoms with Gasteiger partial charge in [0, 0.05) is 19.0 Å². The molecular formula is C14H17N3O5S2. The third-order valence-corrected chi connectivity index (χ3v) is 6.69. The summed E-state index contributed by atoms with van der Waals surface area (Å²) < 4.78 is 36.5. The van der Waals surface area contributed by atoms with Crippen molar-refractivity contribution in [1.82, 2.24) is 14.4 Å². The quantitative estimate of drug-likeness (QED) is 0.739. The van der Waals surface area contributed by atoms with E-state index < -0.39 is 16.0 Å². The Kier molecular flexibility index (Phi) is 4.45. The van der Waals surface area contributed by atoms with Gasteiger partial charge >= 0.3 is 5.97 Å². The van der Waals surface area contributed by atoms with Crippen molar-refractivity contribution in [2.24, 2.45) is 0 Å². The van der Waals surface area contributed by atoms with Gasteiger partial charge in [0.1, 0.15) is 9.77 Å². The largest absolute Gasteiger partial charge is 0.465 e. The van der Waals surface area contributed by atoms with Crippen molar-refractivity contribution >= 4 is 27.3 Å². The molecule has 3 heterocycles. The maximum atomic E-state index is 12.7. The molecule has 130 valence electrons. The zero-order valence-electron chi connectivity index (χ0n) is 13.4. The number of sulfonamides is 1. The molecule has 0 atom stereocenters. The second-order valence-corrected chi connectivity index (χ2v) is 8.59. The summed E-state index contributed by atoms with van der Waals surface area (Å²) in [7, 11) is -2.52. The van der Waals surface area contributed by atoms with Gasteiger partial charge in [0.25, 0.3) is 0 Å². The molecule has 2 aromatic heterocycles. The molecule has 1 fully saturated rings. The topological polar surface area (TPSA) is 103 Å². The van der Waals surface area contributed by atoms with Crippen LogP contribution in [0, 0.1) is 0 Å². The Morgan fingerprint density at radius 2 is 2.17 bits per heavy atom. The standard InChI is InChI=1S/C14H17N3O5S2/c1-8(2)12-15-13(22-16-12)9-6-17(7-9)24(19,20)10-4-5-23-11(10)14(18)21-3/h4-5,8-9H,6-7H2,1-3H3. The molecule has 1 aliphatic heterocycles. The molecule has 1 saturated heterocycles. The normalized spacial score (nSPS) is 16.3. The predicted molar refractivity (Wildman–Crippen MR) is 85.5 cm³/mol. The van der Waals surface area contributed by atoms with Gasteiger partial charge in [-0.2, -0.15) is 9.29 Å². The fourth-order valence-corrected chi connectivity index (χ4v) is 5.16. The summed E-state index contributed by atoms with van der Waals surface area (Å²) in [5, 5.41) is 5.45. The first-order valence-corrected chi connectivity index (χ1v) is 9.66. The maximum absolute atomic E-state index is 12.7. The van der Waals surface area contributed by atoms with Crippen LogP contribution in [0.2, 0.25) is 0 Å². The van der Waals surface area contributed by atoms with Crippen LogP contribution < -0.4 is 0 Å². The second kappa shape index (κ2) is 6.26. The van der Waals surface area contributed by atoms with E-state index >= 15 is 0 Å². The molecule has 0 aromatic carbocycles. The van der Waals surface area contributed by atoms with Crippen molar-refractivity contribution < 1.29 is 22.5 Å². The number of hydrogen-bond acceptors (Lipinski definition) is 8. The van der Waals surface area contributed by atoms with Crippen molar-refractivity contribution in [1.29, 1.82) is 0 Å². The molecule has 0 saturated carbocycles. The number of carbonyl (C=O) groups is 1. The van der Waals surface area contributed by atoms with Gasteiger partial charge in [0.2, 0.25) is 15.9 Å². The molecule has 1 aliphatic rings. The van der Waals surface area contributed by atoms with Crippen molar-refractivity contribution in [2.45, 2.75) is 30.6 Å². The molecule has 0 aliphatic carbocycles. The van der Waals surface area contributed by atoms with Crippen molar-refractivity contribution in [3.8, 4) is 0 Å². The first-order valence-electron chi connectivity index (χ1n) is 7.34. The van der Waals surface area contributed by atoms with Gasteiger partial charge in [-0.3, -0.25) is 0 Å². The number of rotatable bonds is 5. The molecule has 0 radical (unpaired) electrons. The highest BCUT2D eigenvalue weighted by atomic mass is 32.2. The van der Waals surface area contributed by atoms with Crippen LogP contribution in [-0.2, 0) is 14.8 Å². The minimum absolute atomic E-state index is 0.0220. The molecule has 10 heteroatoms. The van der Waals surface area contributed by atoms with Gasteiger partial charge in [-0.05, 0) is 11.4 Å². The van der Waals surface area contributed by atoms with Gasteiger partial charge < -0.3 is 9.26 Å². The fraction of sp³-hybridized carbons (Fsp3) is 0.500. The van der Waals surface area contributed by atoms with Crippen LogP contribution in [0.3, 0.4) is 0 Å². The summed E-state index contributed by atoms with van der Waals surface area (Å²) in [6, 6.07) is 1.42. The Balaban J connectivity index is 1.75. The average Bonchev–Trinajstić information content (AvgIpc) is 3.13. The molecule has 0 N–H and O–H groups in total. The lowest BCUT2D eigenvalue weighted by Crippen LogP contribution is -2.48. The lowest BCUT2D eigenvalue weighted by atomic mass is 10.0. The molecule has 8 nitrogen and oxygen atoms in total. The van der Waals surface area contributed by atoms with Gasteiger partial charge in [-0.15, -0.1) is 11.3 Å². The second-order valence-electron chi connectivity index (χ2n) is 5.77. The first-order chi connectivity index (χ1) is 11.3. The third kappa shape index (κ3) is 2.85. The molecule has 3 rings (SSSR count). The average molecular weight is 371 g/mol. The number of carbonyl (C=O) groups excluding carboxylic acids is 1. The van der Waals surface area contributed by atoms with Crippen LogP contribution in [0.1, 0.15) is 47.1 Å². The summed E-state index contributed by atoms with van der Waals surface area (Å²) in [5.74, 6) is 0.427. The van der Waals surface area contributed by atoms with Gasteiger partial charge in [0.15, 0.2) is 5.82 Å². The number of methoxy groups -OCH3 is 1. The highest BCUT2D eigenvalue weighted by Gasteiger charge is 2.42. The lowest BCUT2D eigenvalue weighted by Gasteiger charge is -2.35. The van der Waals surface area contributed by atoms with Crippen molar-refractivity contribution in [3.05, 3.63) is 28.0 Å². The third-order valence-electron chi connectivity index (χ3n) is 3.79. The van der Waals surface area contributed by atoms with Crippen LogP contribution >= 0.6 is 11.3 Å². The first kappa shape index (κ1) is 17.1. The summed E-state index contributed by atoms with van der Waals surface area (Å²) >= 11 is 1.04. The van der Waals surface area contributed by atoms with E-state index in [1.807, 2.05) is 13.8 Å². The molecule has 0 bridgehead atoms. The van der Waals surface area contributed by atoms with Crippen LogP contribution in [-0.4, -0.2) is 49.0 Å². The van der Waals surface area contributed by atoms with E-state index in [1.54, 1.807) is 5.38 Å². The van der Waals surface area contributed by atoms with E-state index in [9.17, 15) is 13.2 Å². The lowest BCUT2D eigenvalue weighted by molar-refractivity contribution is 0.0602. The summed E-state index contributed by atoms with van der Waals surface area (Å²) in [4.78, 5) is 16.1. The van der Waals surface area contributed by atoms with Crippen LogP contribution in [0.25, 0.3) is 0 Å². The van der Waals surface area contributed by atoms with Crippen molar-refractivity contribution in [3.63, 3.8) is 0 Å². The summed E-state index contributed by atoms with van der Waals surface area (Å²) in [6.45, 7) is 4.41. The minimum atomic E-state index is -3.74. The van der Waals surface area contributed by atoms with E-state index in [-0.39, 0.29) is 34.7 Å². The van der Waals surface area contributed by atoms with Crippen LogP contribution in [0.4, 0.5) is 0 Å². The smallest absolute Gasteiger partial charge is 0.349 e.